The van der Waals surface area contributed by atoms with Crippen molar-refractivity contribution in [2.75, 3.05) is 0 Å². The number of halogens is 1. The first-order valence-electron chi connectivity index (χ1n) is 6.79. The van der Waals surface area contributed by atoms with Crippen LogP contribution in [-0.2, 0) is 0 Å². The normalized spacial score (nSPS) is 47.8. The van der Waals surface area contributed by atoms with Crippen molar-refractivity contribution in [3.05, 3.63) is 0 Å². The molecule has 0 heterocycles. The molecule has 2 fully saturated rings. The number of hydrogen-bond donors (Lipinski definition) is 0. The molecule has 2 aliphatic rings. The topological polar surface area (TPSA) is 0 Å². The Kier molecular flexibility index (Phi) is 3.98. The van der Waals surface area contributed by atoms with Crippen LogP contribution in [0.4, 0.5) is 0 Å². The second kappa shape index (κ2) is 5.08. The standard InChI is InChI=1S/C14H25Cl/c1-10-6-11(2)8-13(7-10)12-4-3-5-14(15)9-12/h10-14H,3-9H2,1-2H3. The molecule has 4 unspecified atom stereocenters. The predicted octanol–water partition coefficient (Wildman–Crippen LogP) is 4.86. The van der Waals surface area contributed by atoms with Gasteiger partial charge in [0.1, 0.15) is 0 Å². The molecule has 2 rings (SSSR count). The Morgan fingerprint density at radius 2 is 1.47 bits per heavy atom. The highest BCUT2D eigenvalue weighted by molar-refractivity contribution is 6.20. The highest BCUT2D eigenvalue weighted by atomic mass is 35.5. The monoisotopic (exact) mass is 228 g/mol. The van der Waals surface area contributed by atoms with Gasteiger partial charge in [-0.2, -0.15) is 0 Å². The molecule has 0 nitrogen and oxygen atoms in total. The summed E-state index contributed by atoms with van der Waals surface area (Å²) in [5, 5.41) is 0.483. The predicted molar refractivity (Wildman–Crippen MR) is 67.3 cm³/mol. The van der Waals surface area contributed by atoms with Crippen molar-refractivity contribution in [1.29, 1.82) is 0 Å². The van der Waals surface area contributed by atoms with Crippen LogP contribution in [0.25, 0.3) is 0 Å². The molecule has 0 aliphatic heterocycles. The summed E-state index contributed by atoms with van der Waals surface area (Å²) in [7, 11) is 0. The number of rotatable bonds is 1. The van der Waals surface area contributed by atoms with Crippen LogP contribution in [-0.4, -0.2) is 5.38 Å². The van der Waals surface area contributed by atoms with Crippen molar-refractivity contribution in [1.82, 2.24) is 0 Å². The zero-order chi connectivity index (χ0) is 10.8. The van der Waals surface area contributed by atoms with Gasteiger partial charge in [-0.05, 0) is 55.8 Å². The largest absolute Gasteiger partial charge is 0.123 e. The summed E-state index contributed by atoms with van der Waals surface area (Å²) in [6, 6.07) is 0. The Labute approximate surface area is 99.8 Å². The molecule has 0 bridgehead atoms. The van der Waals surface area contributed by atoms with Gasteiger partial charge in [-0.3, -0.25) is 0 Å². The van der Waals surface area contributed by atoms with E-state index in [9.17, 15) is 0 Å². The highest BCUT2D eigenvalue weighted by Gasteiger charge is 2.32. The summed E-state index contributed by atoms with van der Waals surface area (Å²) < 4.78 is 0. The molecular formula is C14H25Cl. The molecule has 0 aromatic heterocycles. The maximum absolute atomic E-state index is 6.30. The average molecular weight is 229 g/mol. The molecular weight excluding hydrogens is 204 g/mol. The second-order valence-corrected chi connectivity index (χ2v) is 6.82. The summed E-state index contributed by atoms with van der Waals surface area (Å²) in [4.78, 5) is 0. The lowest BCUT2D eigenvalue weighted by Crippen LogP contribution is -2.29. The third-order valence-electron chi connectivity index (χ3n) is 4.53. The highest BCUT2D eigenvalue weighted by Crippen LogP contribution is 2.42. The second-order valence-electron chi connectivity index (χ2n) is 6.20. The van der Waals surface area contributed by atoms with Gasteiger partial charge in [0, 0.05) is 5.38 Å². The zero-order valence-electron chi connectivity index (χ0n) is 10.2. The van der Waals surface area contributed by atoms with Gasteiger partial charge in [0.05, 0.1) is 0 Å². The molecule has 15 heavy (non-hydrogen) atoms. The minimum absolute atomic E-state index is 0.483. The molecule has 0 amide bonds. The van der Waals surface area contributed by atoms with Crippen molar-refractivity contribution >= 4 is 11.6 Å². The number of alkyl halides is 1. The molecule has 0 aromatic carbocycles. The fourth-order valence-corrected chi connectivity index (χ4v) is 4.37. The third kappa shape index (κ3) is 3.12. The molecule has 4 atom stereocenters. The van der Waals surface area contributed by atoms with Crippen LogP contribution >= 0.6 is 11.6 Å². The Bertz CT molecular complexity index is 192. The van der Waals surface area contributed by atoms with Crippen molar-refractivity contribution in [2.45, 2.75) is 64.2 Å². The van der Waals surface area contributed by atoms with Crippen LogP contribution < -0.4 is 0 Å². The lowest BCUT2D eigenvalue weighted by Gasteiger charge is -2.39. The molecule has 0 N–H and O–H groups in total. The first-order valence-corrected chi connectivity index (χ1v) is 7.23. The van der Waals surface area contributed by atoms with Crippen LogP contribution in [0.3, 0.4) is 0 Å². The SMILES string of the molecule is CC1CC(C)CC(C2CCCC(Cl)C2)C1. The molecule has 0 radical (unpaired) electrons. The van der Waals surface area contributed by atoms with E-state index in [0.29, 0.717) is 5.38 Å². The van der Waals surface area contributed by atoms with Crippen LogP contribution in [0.2, 0.25) is 0 Å². The van der Waals surface area contributed by atoms with E-state index in [4.69, 9.17) is 11.6 Å². The molecule has 2 saturated carbocycles. The van der Waals surface area contributed by atoms with Gasteiger partial charge in [-0.25, -0.2) is 0 Å². The van der Waals surface area contributed by atoms with E-state index in [-0.39, 0.29) is 0 Å². The number of hydrogen-bond acceptors (Lipinski definition) is 0. The fourth-order valence-electron chi connectivity index (χ4n) is 3.99. The Morgan fingerprint density at radius 1 is 0.800 bits per heavy atom. The van der Waals surface area contributed by atoms with Gasteiger partial charge in [0.2, 0.25) is 0 Å². The van der Waals surface area contributed by atoms with Crippen LogP contribution in [0.15, 0.2) is 0 Å². The fraction of sp³-hybridized carbons (Fsp3) is 1.00. The molecule has 1 heteroatoms. The van der Waals surface area contributed by atoms with Gasteiger partial charge in [0.25, 0.3) is 0 Å². The molecule has 2 aliphatic carbocycles. The molecule has 88 valence electrons. The van der Waals surface area contributed by atoms with E-state index in [1.54, 1.807) is 0 Å². The maximum Gasteiger partial charge on any atom is 0.0338 e. The van der Waals surface area contributed by atoms with E-state index >= 15 is 0 Å². The van der Waals surface area contributed by atoms with Crippen LogP contribution in [0, 0.1) is 23.7 Å². The van der Waals surface area contributed by atoms with E-state index < -0.39 is 0 Å². The van der Waals surface area contributed by atoms with Crippen molar-refractivity contribution < 1.29 is 0 Å². The van der Waals surface area contributed by atoms with E-state index in [2.05, 4.69) is 13.8 Å². The lowest BCUT2D eigenvalue weighted by atomic mass is 9.68. The Balaban J connectivity index is 1.91. The summed E-state index contributed by atoms with van der Waals surface area (Å²) in [5.74, 6) is 3.85. The van der Waals surface area contributed by atoms with Gasteiger partial charge >= 0.3 is 0 Å². The Morgan fingerprint density at radius 3 is 2.07 bits per heavy atom. The molecule has 0 saturated heterocycles. The van der Waals surface area contributed by atoms with Crippen LogP contribution in [0.5, 0.6) is 0 Å². The zero-order valence-corrected chi connectivity index (χ0v) is 11.0. The summed E-state index contributed by atoms with van der Waals surface area (Å²) in [6.07, 6.45) is 9.78. The molecule has 0 aromatic rings. The third-order valence-corrected chi connectivity index (χ3v) is 4.93. The lowest BCUT2D eigenvalue weighted by molar-refractivity contribution is 0.134. The van der Waals surface area contributed by atoms with Gasteiger partial charge in [-0.15, -0.1) is 11.6 Å². The van der Waals surface area contributed by atoms with Crippen LogP contribution in [0.1, 0.15) is 58.8 Å². The average Bonchev–Trinajstić information content (AvgIpc) is 2.16. The van der Waals surface area contributed by atoms with Crippen molar-refractivity contribution in [3.63, 3.8) is 0 Å². The van der Waals surface area contributed by atoms with Gasteiger partial charge in [0.15, 0.2) is 0 Å². The van der Waals surface area contributed by atoms with E-state index in [0.717, 1.165) is 23.7 Å². The minimum atomic E-state index is 0.483. The van der Waals surface area contributed by atoms with E-state index in [1.807, 2.05) is 0 Å². The molecule has 0 spiro atoms. The van der Waals surface area contributed by atoms with Gasteiger partial charge in [-0.1, -0.05) is 26.7 Å². The quantitative estimate of drug-likeness (QED) is 0.563. The minimum Gasteiger partial charge on any atom is -0.123 e. The first kappa shape index (κ1) is 11.8. The smallest absolute Gasteiger partial charge is 0.0338 e. The van der Waals surface area contributed by atoms with E-state index in [1.165, 1.54) is 44.9 Å². The van der Waals surface area contributed by atoms with Crippen molar-refractivity contribution in [2.24, 2.45) is 23.7 Å². The van der Waals surface area contributed by atoms with Gasteiger partial charge < -0.3 is 0 Å². The Hall–Kier alpha value is 0.290. The van der Waals surface area contributed by atoms with Crippen molar-refractivity contribution in [3.8, 4) is 0 Å². The maximum atomic E-state index is 6.30. The summed E-state index contributed by atoms with van der Waals surface area (Å²) in [6.45, 7) is 4.87. The first-order chi connectivity index (χ1) is 7.15. The summed E-state index contributed by atoms with van der Waals surface area (Å²) in [5.41, 5.74) is 0. The summed E-state index contributed by atoms with van der Waals surface area (Å²) >= 11 is 6.30.